The summed E-state index contributed by atoms with van der Waals surface area (Å²) in [6.45, 7) is 1.63. The molecule has 1 saturated heterocycles. The number of hydrogen-bond donors (Lipinski definition) is 0. The predicted octanol–water partition coefficient (Wildman–Crippen LogP) is 2.28. The van der Waals surface area contributed by atoms with Crippen LogP contribution in [0.25, 0.3) is 11.0 Å². The molecule has 0 N–H and O–H groups in total. The van der Waals surface area contributed by atoms with Gasteiger partial charge in [0.1, 0.15) is 12.1 Å². The maximum atomic E-state index is 10.8. The van der Waals surface area contributed by atoms with Gasteiger partial charge in [-0.15, -0.1) is 0 Å². The fourth-order valence-electron chi connectivity index (χ4n) is 2.62. The van der Waals surface area contributed by atoms with Gasteiger partial charge in [0.05, 0.1) is 11.0 Å². The second-order valence-corrected chi connectivity index (χ2v) is 4.78. The van der Waals surface area contributed by atoms with Crippen LogP contribution in [-0.4, -0.2) is 29.1 Å². The summed E-state index contributed by atoms with van der Waals surface area (Å²) in [6, 6.07) is 5.64. The standard InChI is InChI=1S/C14H16N2O2/c1-16-13-8-10(9-17)2-3-12(13)15-14(16)11-4-6-18-7-5-11/h2-3,8-9,11H,4-7H2,1H3. The van der Waals surface area contributed by atoms with E-state index in [9.17, 15) is 4.79 Å². The topological polar surface area (TPSA) is 44.1 Å². The average Bonchev–Trinajstić information content (AvgIpc) is 2.77. The molecule has 2 heterocycles. The highest BCUT2D eigenvalue weighted by Crippen LogP contribution is 2.28. The van der Waals surface area contributed by atoms with Gasteiger partial charge in [-0.25, -0.2) is 4.98 Å². The molecule has 0 bridgehead atoms. The number of aldehydes is 1. The van der Waals surface area contributed by atoms with Crippen LogP contribution in [-0.2, 0) is 11.8 Å². The average molecular weight is 244 g/mol. The Morgan fingerprint density at radius 3 is 2.89 bits per heavy atom. The summed E-state index contributed by atoms with van der Waals surface area (Å²) in [5.41, 5.74) is 2.69. The Kier molecular flexibility index (Phi) is 2.88. The molecule has 1 aliphatic rings. The van der Waals surface area contributed by atoms with Crippen LogP contribution in [0.2, 0.25) is 0 Å². The number of benzene rings is 1. The first-order chi connectivity index (χ1) is 8.79. The lowest BCUT2D eigenvalue weighted by molar-refractivity contribution is 0.0831. The Morgan fingerprint density at radius 1 is 1.39 bits per heavy atom. The lowest BCUT2D eigenvalue weighted by atomic mass is 9.99. The molecule has 0 aliphatic carbocycles. The van der Waals surface area contributed by atoms with Gasteiger partial charge in [-0.1, -0.05) is 0 Å². The van der Waals surface area contributed by atoms with Crippen molar-refractivity contribution in [2.24, 2.45) is 7.05 Å². The van der Waals surface area contributed by atoms with Crippen LogP contribution in [0.3, 0.4) is 0 Å². The van der Waals surface area contributed by atoms with Crippen LogP contribution in [0.1, 0.15) is 34.9 Å². The van der Waals surface area contributed by atoms with Crippen LogP contribution < -0.4 is 0 Å². The Labute approximate surface area is 106 Å². The molecule has 1 aromatic carbocycles. The van der Waals surface area contributed by atoms with E-state index in [1.165, 1.54) is 0 Å². The number of aryl methyl sites for hydroxylation is 1. The van der Waals surface area contributed by atoms with E-state index in [-0.39, 0.29) is 0 Å². The van der Waals surface area contributed by atoms with Crippen molar-refractivity contribution in [3.05, 3.63) is 29.6 Å². The number of imidazole rings is 1. The van der Waals surface area contributed by atoms with Crippen molar-refractivity contribution in [2.75, 3.05) is 13.2 Å². The summed E-state index contributed by atoms with van der Waals surface area (Å²) in [7, 11) is 2.02. The third-order valence-corrected chi connectivity index (χ3v) is 3.66. The van der Waals surface area contributed by atoms with E-state index in [1.807, 2.05) is 25.2 Å². The van der Waals surface area contributed by atoms with E-state index in [2.05, 4.69) is 4.57 Å². The number of nitrogens with zero attached hydrogens (tertiary/aromatic N) is 2. The summed E-state index contributed by atoms with van der Waals surface area (Å²) < 4.78 is 7.50. The quantitative estimate of drug-likeness (QED) is 0.761. The van der Waals surface area contributed by atoms with Crippen molar-refractivity contribution in [2.45, 2.75) is 18.8 Å². The third kappa shape index (κ3) is 1.82. The molecule has 3 rings (SSSR count). The van der Waals surface area contributed by atoms with Gasteiger partial charge in [0.25, 0.3) is 0 Å². The van der Waals surface area contributed by atoms with E-state index in [0.717, 1.165) is 49.2 Å². The van der Waals surface area contributed by atoms with Crippen molar-refractivity contribution < 1.29 is 9.53 Å². The van der Waals surface area contributed by atoms with E-state index in [4.69, 9.17) is 9.72 Å². The second-order valence-electron chi connectivity index (χ2n) is 4.78. The number of fused-ring (bicyclic) bond motifs is 1. The number of aromatic nitrogens is 2. The van der Waals surface area contributed by atoms with E-state index in [1.54, 1.807) is 0 Å². The zero-order valence-corrected chi connectivity index (χ0v) is 10.4. The van der Waals surface area contributed by atoms with Crippen LogP contribution in [0.15, 0.2) is 18.2 Å². The molecule has 1 aliphatic heterocycles. The minimum Gasteiger partial charge on any atom is -0.381 e. The van der Waals surface area contributed by atoms with Gasteiger partial charge >= 0.3 is 0 Å². The fourth-order valence-corrected chi connectivity index (χ4v) is 2.62. The molecule has 18 heavy (non-hydrogen) atoms. The Bertz CT molecular complexity index is 583. The summed E-state index contributed by atoms with van der Waals surface area (Å²) in [4.78, 5) is 15.5. The van der Waals surface area contributed by atoms with Gasteiger partial charge in [0.15, 0.2) is 0 Å². The smallest absolute Gasteiger partial charge is 0.150 e. The van der Waals surface area contributed by atoms with Crippen LogP contribution in [0.5, 0.6) is 0 Å². The van der Waals surface area contributed by atoms with Gasteiger partial charge in [0, 0.05) is 31.7 Å². The molecule has 94 valence electrons. The summed E-state index contributed by atoms with van der Waals surface area (Å²) in [6.07, 6.45) is 2.93. The van der Waals surface area contributed by atoms with Gasteiger partial charge in [-0.2, -0.15) is 0 Å². The molecule has 4 heteroatoms. The number of rotatable bonds is 2. The molecule has 1 aromatic heterocycles. The van der Waals surface area contributed by atoms with Crippen LogP contribution >= 0.6 is 0 Å². The minimum absolute atomic E-state index is 0.468. The minimum atomic E-state index is 0.468. The van der Waals surface area contributed by atoms with Crippen molar-refractivity contribution in [3.8, 4) is 0 Å². The third-order valence-electron chi connectivity index (χ3n) is 3.66. The number of ether oxygens (including phenoxy) is 1. The maximum absolute atomic E-state index is 10.8. The first-order valence-electron chi connectivity index (χ1n) is 6.29. The molecule has 0 saturated carbocycles. The van der Waals surface area contributed by atoms with Crippen molar-refractivity contribution >= 4 is 17.3 Å². The zero-order valence-electron chi connectivity index (χ0n) is 10.4. The van der Waals surface area contributed by atoms with Gasteiger partial charge in [0.2, 0.25) is 0 Å². The largest absolute Gasteiger partial charge is 0.381 e. The lowest BCUT2D eigenvalue weighted by Gasteiger charge is -2.21. The molecular weight excluding hydrogens is 228 g/mol. The monoisotopic (exact) mass is 244 g/mol. The molecule has 0 atom stereocenters. The van der Waals surface area contributed by atoms with Crippen molar-refractivity contribution in [1.82, 2.24) is 9.55 Å². The summed E-state index contributed by atoms with van der Waals surface area (Å²) >= 11 is 0. The molecule has 1 fully saturated rings. The first-order valence-corrected chi connectivity index (χ1v) is 6.29. The maximum Gasteiger partial charge on any atom is 0.150 e. The lowest BCUT2D eigenvalue weighted by Crippen LogP contribution is -2.17. The van der Waals surface area contributed by atoms with Gasteiger partial charge < -0.3 is 9.30 Å². The Morgan fingerprint density at radius 2 is 2.17 bits per heavy atom. The van der Waals surface area contributed by atoms with Gasteiger partial charge in [-0.3, -0.25) is 4.79 Å². The first kappa shape index (κ1) is 11.4. The highest BCUT2D eigenvalue weighted by molar-refractivity contribution is 5.85. The summed E-state index contributed by atoms with van der Waals surface area (Å²) in [5.74, 6) is 1.58. The molecule has 0 unspecified atom stereocenters. The predicted molar refractivity (Wildman–Crippen MR) is 68.9 cm³/mol. The molecule has 0 spiro atoms. The SMILES string of the molecule is Cn1c(C2CCOCC2)nc2ccc(C=O)cc21. The number of hydrogen-bond acceptors (Lipinski definition) is 3. The van der Waals surface area contributed by atoms with Crippen molar-refractivity contribution in [3.63, 3.8) is 0 Å². The van der Waals surface area contributed by atoms with E-state index >= 15 is 0 Å². The normalized spacial score (nSPS) is 17.2. The molecule has 0 amide bonds. The fraction of sp³-hybridized carbons (Fsp3) is 0.429. The van der Waals surface area contributed by atoms with Crippen LogP contribution in [0, 0.1) is 0 Å². The van der Waals surface area contributed by atoms with Crippen LogP contribution in [0.4, 0.5) is 0 Å². The van der Waals surface area contributed by atoms with E-state index in [0.29, 0.717) is 11.5 Å². The second kappa shape index (κ2) is 4.53. The van der Waals surface area contributed by atoms with E-state index < -0.39 is 0 Å². The highest BCUT2D eigenvalue weighted by Gasteiger charge is 2.21. The zero-order chi connectivity index (χ0) is 12.5. The number of carbonyl (C=O) groups excluding carboxylic acids is 1. The summed E-state index contributed by atoms with van der Waals surface area (Å²) in [5, 5.41) is 0. The molecule has 2 aromatic rings. The Hall–Kier alpha value is -1.68. The molecular formula is C14H16N2O2. The van der Waals surface area contributed by atoms with Crippen molar-refractivity contribution in [1.29, 1.82) is 0 Å². The number of carbonyl (C=O) groups is 1. The van der Waals surface area contributed by atoms with Gasteiger partial charge in [-0.05, 0) is 31.0 Å². The molecule has 0 radical (unpaired) electrons. The molecule has 4 nitrogen and oxygen atoms in total. The Balaban J connectivity index is 2.07. The highest BCUT2D eigenvalue weighted by atomic mass is 16.5.